The van der Waals surface area contributed by atoms with Crippen LogP contribution < -0.4 is 0 Å². The van der Waals surface area contributed by atoms with Crippen molar-refractivity contribution in [2.24, 2.45) is 0 Å². The molecule has 5 nitrogen and oxygen atoms in total. The molecule has 0 aliphatic carbocycles. The highest BCUT2D eigenvalue weighted by molar-refractivity contribution is 8.02. The third kappa shape index (κ3) is 6.36. The quantitative estimate of drug-likeness (QED) is 0.226. The molecule has 1 aromatic carbocycles. The first kappa shape index (κ1) is 19.1. The zero-order valence-corrected chi connectivity index (χ0v) is 14.5. The number of carbonyl (C=O) groups is 2. The van der Waals surface area contributed by atoms with E-state index in [4.69, 9.17) is 14.2 Å². The standard InChI is InChI=1S/C17H22O5S/c1-4-20-15(18)14(16(19)21-5-2)17(22-6-3)23-12-13-10-8-7-9-11-13/h7-11H,4-6,12H2,1-3H3. The molecule has 0 atom stereocenters. The molecule has 0 aromatic heterocycles. The summed E-state index contributed by atoms with van der Waals surface area (Å²) >= 11 is 1.27. The van der Waals surface area contributed by atoms with Crippen molar-refractivity contribution in [3.63, 3.8) is 0 Å². The highest BCUT2D eigenvalue weighted by atomic mass is 32.2. The molecule has 0 spiro atoms. The molecule has 0 N–H and O–H groups in total. The summed E-state index contributed by atoms with van der Waals surface area (Å²) in [5.41, 5.74) is 0.873. The molecule has 126 valence electrons. The van der Waals surface area contributed by atoms with Gasteiger partial charge in [0.2, 0.25) is 0 Å². The minimum absolute atomic E-state index is 0.171. The van der Waals surface area contributed by atoms with Crippen molar-refractivity contribution in [1.29, 1.82) is 0 Å². The van der Waals surface area contributed by atoms with Crippen LogP contribution in [0.15, 0.2) is 41.0 Å². The Hall–Kier alpha value is -1.95. The Morgan fingerprint density at radius 1 is 0.870 bits per heavy atom. The Bertz CT molecular complexity index is 519. The lowest BCUT2D eigenvalue weighted by Gasteiger charge is -2.13. The Kier molecular flexibility index (Phi) is 8.90. The zero-order chi connectivity index (χ0) is 17.1. The van der Waals surface area contributed by atoms with Crippen molar-refractivity contribution in [3.05, 3.63) is 46.6 Å². The van der Waals surface area contributed by atoms with Crippen molar-refractivity contribution in [2.75, 3.05) is 19.8 Å². The van der Waals surface area contributed by atoms with Gasteiger partial charge >= 0.3 is 11.9 Å². The van der Waals surface area contributed by atoms with Gasteiger partial charge in [-0.15, -0.1) is 0 Å². The molecular weight excluding hydrogens is 316 g/mol. The van der Waals surface area contributed by atoms with Crippen molar-refractivity contribution >= 4 is 23.7 Å². The van der Waals surface area contributed by atoms with E-state index in [2.05, 4.69) is 0 Å². The first-order chi connectivity index (χ1) is 11.1. The number of benzene rings is 1. The van der Waals surface area contributed by atoms with Gasteiger partial charge in [-0.1, -0.05) is 42.1 Å². The van der Waals surface area contributed by atoms with Crippen LogP contribution in [-0.2, 0) is 29.6 Å². The number of hydrogen-bond donors (Lipinski definition) is 0. The lowest BCUT2D eigenvalue weighted by molar-refractivity contribution is -0.146. The van der Waals surface area contributed by atoms with Crippen LogP contribution in [-0.4, -0.2) is 31.8 Å². The minimum Gasteiger partial charge on any atom is -0.486 e. The molecule has 0 saturated carbocycles. The lowest BCUT2D eigenvalue weighted by Crippen LogP contribution is -2.21. The topological polar surface area (TPSA) is 61.8 Å². The zero-order valence-electron chi connectivity index (χ0n) is 13.7. The largest absolute Gasteiger partial charge is 0.486 e. The first-order valence-corrected chi connectivity index (χ1v) is 8.50. The average Bonchev–Trinajstić information content (AvgIpc) is 2.54. The van der Waals surface area contributed by atoms with Gasteiger partial charge in [0.25, 0.3) is 0 Å². The van der Waals surface area contributed by atoms with Gasteiger partial charge in [0.05, 0.1) is 19.8 Å². The van der Waals surface area contributed by atoms with Crippen LogP contribution in [0.4, 0.5) is 0 Å². The summed E-state index contributed by atoms with van der Waals surface area (Å²) in [5, 5.41) is 0.230. The van der Waals surface area contributed by atoms with E-state index in [-0.39, 0.29) is 23.9 Å². The molecule has 1 aromatic rings. The van der Waals surface area contributed by atoms with Crippen LogP contribution in [0.1, 0.15) is 26.3 Å². The van der Waals surface area contributed by atoms with E-state index in [0.29, 0.717) is 12.4 Å². The summed E-state index contributed by atoms with van der Waals surface area (Å²) in [4.78, 5) is 24.2. The normalized spacial score (nSPS) is 9.87. The van der Waals surface area contributed by atoms with Crippen LogP contribution in [0.2, 0.25) is 0 Å². The second-order valence-electron chi connectivity index (χ2n) is 4.31. The van der Waals surface area contributed by atoms with Crippen molar-refractivity contribution < 1.29 is 23.8 Å². The molecule has 0 bridgehead atoms. The highest BCUT2D eigenvalue weighted by Gasteiger charge is 2.27. The fourth-order valence-electron chi connectivity index (χ4n) is 1.70. The van der Waals surface area contributed by atoms with Crippen LogP contribution in [0.5, 0.6) is 0 Å². The van der Waals surface area contributed by atoms with Gasteiger partial charge in [-0.05, 0) is 26.3 Å². The molecule has 23 heavy (non-hydrogen) atoms. The van der Waals surface area contributed by atoms with E-state index in [1.807, 2.05) is 30.3 Å². The first-order valence-electron chi connectivity index (χ1n) is 7.52. The van der Waals surface area contributed by atoms with E-state index < -0.39 is 11.9 Å². The summed E-state index contributed by atoms with van der Waals surface area (Å²) in [6.07, 6.45) is 0. The van der Waals surface area contributed by atoms with Gasteiger partial charge < -0.3 is 14.2 Å². The molecule has 0 unspecified atom stereocenters. The molecule has 0 saturated heterocycles. The van der Waals surface area contributed by atoms with E-state index in [9.17, 15) is 9.59 Å². The van der Waals surface area contributed by atoms with E-state index >= 15 is 0 Å². The number of carbonyl (C=O) groups excluding carboxylic acids is 2. The maximum absolute atomic E-state index is 12.1. The highest BCUT2D eigenvalue weighted by Crippen LogP contribution is 2.27. The fourth-order valence-corrected chi connectivity index (χ4v) is 2.70. The molecule has 6 heteroatoms. The summed E-state index contributed by atoms with van der Waals surface area (Å²) < 4.78 is 15.4. The predicted molar refractivity (Wildman–Crippen MR) is 89.7 cm³/mol. The maximum atomic E-state index is 12.1. The molecule has 1 rings (SSSR count). The lowest BCUT2D eigenvalue weighted by atomic mass is 10.2. The third-order valence-corrected chi connectivity index (χ3v) is 3.71. The smallest absolute Gasteiger partial charge is 0.350 e. The van der Waals surface area contributed by atoms with Gasteiger partial charge in [-0.2, -0.15) is 0 Å². The number of rotatable bonds is 9. The second-order valence-corrected chi connectivity index (χ2v) is 5.26. The van der Waals surface area contributed by atoms with Gasteiger partial charge in [-0.3, -0.25) is 0 Å². The Morgan fingerprint density at radius 3 is 1.87 bits per heavy atom. The molecule has 0 heterocycles. The summed E-state index contributed by atoms with van der Waals surface area (Å²) in [7, 11) is 0. The fraction of sp³-hybridized carbons (Fsp3) is 0.412. The minimum atomic E-state index is -0.727. The average molecular weight is 338 g/mol. The number of thioether (sulfide) groups is 1. The van der Waals surface area contributed by atoms with Crippen LogP contribution in [0.25, 0.3) is 0 Å². The molecular formula is C17H22O5S. The van der Waals surface area contributed by atoms with Gasteiger partial charge in [0, 0.05) is 5.75 Å². The molecule has 0 amide bonds. The van der Waals surface area contributed by atoms with Crippen molar-refractivity contribution in [3.8, 4) is 0 Å². The summed E-state index contributed by atoms with van der Waals surface area (Å²) in [6, 6.07) is 9.71. The molecule has 0 radical (unpaired) electrons. The van der Waals surface area contributed by atoms with Crippen LogP contribution in [0.3, 0.4) is 0 Å². The van der Waals surface area contributed by atoms with Gasteiger partial charge in [0.1, 0.15) is 0 Å². The Labute approximate surface area is 141 Å². The monoisotopic (exact) mass is 338 g/mol. The maximum Gasteiger partial charge on any atom is 0.350 e. The molecule has 0 aliphatic rings. The molecule has 0 fully saturated rings. The second kappa shape index (κ2) is 10.7. The van der Waals surface area contributed by atoms with Gasteiger partial charge in [-0.25, -0.2) is 9.59 Å². The van der Waals surface area contributed by atoms with Crippen molar-refractivity contribution in [2.45, 2.75) is 26.5 Å². The van der Waals surface area contributed by atoms with E-state index in [1.165, 1.54) is 11.8 Å². The third-order valence-electron chi connectivity index (χ3n) is 2.65. The summed E-state index contributed by atoms with van der Waals surface area (Å²) in [6.45, 7) is 5.82. The number of ether oxygens (including phenoxy) is 3. The Morgan fingerprint density at radius 2 is 1.39 bits per heavy atom. The Balaban J connectivity index is 3.04. The SMILES string of the molecule is CCOC(=O)C(C(=O)OCC)=C(OCC)SCc1ccccc1. The summed E-state index contributed by atoms with van der Waals surface area (Å²) in [5.74, 6) is -0.886. The van der Waals surface area contributed by atoms with Crippen LogP contribution in [0, 0.1) is 0 Å². The molecule has 0 aliphatic heterocycles. The van der Waals surface area contributed by atoms with Gasteiger partial charge in [0.15, 0.2) is 10.7 Å². The van der Waals surface area contributed by atoms with Crippen LogP contribution >= 0.6 is 11.8 Å². The van der Waals surface area contributed by atoms with Crippen molar-refractivity contribution in [1.82, 2.24) is 0 Å². The predicted octanol–water partition coefficient (Wildman–Crippen LogP) is 3.29. The number of esters is 2. The van der Waals surface area contributed by atoms with E-state index in [0.717, 1.165) is 5.56 Å². The number of hydrogen-bond acceptors (Lipinski definition) is 6. The van der Waals surface area contributed by atoms with E-state index in [1.54, 1.807) is 20.8 Å².